The molecule has 0 saturated carbocycles. The van der Waals surface area contributed by atoms with Gasteiger partial charge in [-0.25, -0.2) is 0 Å². The van der Waals surface area contributed by atoms with Gasteiger partial charge in [-0.2, -0.15) is 5.10 Å². The minimum Gasteiger partial charge on any atom is -0.386 e. The van der Waals surface area contributed by atoms with E-state index < -0.39 is 6.10 Å². The molecule has 1 aromatic heterocycles. The number of nitrogens with zero attached hydrogens (tertiary/aromatic N) is 2. The predicted octanol–water partition coefficient (Wildman–Crippen LogP) is 2.20. The molecule has 4 heteroatoms. The Hall–Kier alpha value is -1.65. The molecule has 4 nitrogen and oxygen atoms in total. The number of aryl methyl sites for hydroxylation is 1. The van der Waals surface area contributed by atoms with Crippen LogP contribution in [0, 0.1) is 0 Å². The molecule has 2 heterocycles. The van der Waals surface area contributed by atoms with Crippen LogP contribution >= 0.6 is 0 Å². The minimum absolute atomic E-state index is 0.284. The third kappa shape index (κ3) is 2.15. The molecule has 1 atom stereocenters. The van der Waals surface area contributed by atoms with Crippen LogP contribution in [0.5, 0.6) is 0 Å². The third-order valence-electron chi connectivity index (χ3n) is 4.40. The van der Waals surface area contributed by atoms with Crippen molar-refractivity contribution < 1.29 is 9.84 Å². The van der Waals surface area contributed by atoms with Crippen LogP contribution in [0.15, 0.2) is 42.6 Å². The van der Waals surface area contributed by atoms with Gasteiger partial charge in [-0.1, -0.05) is 30.3 Å². The lowest BCUT2D eigenvalue weighted by Crippen LogP contribution is -2.40. The van der Waals surface area contributed by atoms with Gasteiger partial charge in [0.15, 0.2) is 0 Å². The molecule has 20 heavy (non-hydrogen) atoms. The SMILES string of the molecule is Cn1nccc1C(O)C1(c2ccccc2)CCOCC1. The third-order valence-corrected chi connectivity index (χ3v) is 4.40. The highest BCUT2D eigenvalue weighted by atomic mass is 16.5. The Morgan fingerprint density at radius 2 is 1.90 bits per heavy atom. The van der Waals surface area contributed by atoms with Crippen LogP contribution < -0.4 is 0 Å². The second kappa shape index (κ2) is 5.38. The fraction of sp³-hybridized carbons (Fsp3) is 0.438. The molecule has 1 aliphatic rings. The van der Waals surface area contributed by atoms with E-state index in [1.165, 1.54) is 5.56 Å². The van der Waals surface area contributed by atoms with Gasteiger partial charge >= 0.3 is 0 Å². The first-order chi connectivity index (χ1) is 9.74. The summed E-state index contributed by atoms with van der Waals surface area (Å²) in [4.78, 5) is 0. The van der Waals surface area contributed by atoms with Crippen molar-refractivity contribution in [1.82, 2.24) is 9.78 Å². The average Bonchev–Trinajstić information content (AvgIpc) is 2.94. The number of aliphatic hydroxyl groups is 1. The zero-order valence-corrected chi connectivity index (χ0v) is 11.7. The topological polar surface area (TPSA) is 47.3 Å². The Bertz CT molecular complexity index is 559. The van der Waals surface area contributed by atoms with Crippen LogP contribution in [0.1, 0.15) is 30.2 Å². The summed E-state index contributed by atoms with van der Waals surface area (Å²) in [7, 11) is 1.87. The molecular formula is C16H20N2O2. The maximum Gasteiger partial charge on any atom is 0.105 e. The monoisotopic (exact) mass is 272 g/mol. The summed E-state index contributed by atoms with van der Waals surface area (Å²) < 4.78 is 7.27. The van der Waals surface area contributed by atoms with Crippen LogP contribution in [0.2, 0.25) is 0 Å². The highest BCUT2D eigenvalue weighted by molar-refractivity contribution is 5.30. The zero-order valence-electron chi connectivity index (χ0n) is 11.7. The van der Waals surface area contributed by atoms with Crippen molar-refractivity contribution in [2.24, 2.45) is 7.05 Å². The summed E-state index contributed by atoms with van der Waals surface area (Å²) in [5, 5.41) is 15.2. The van der Waals surface area contributed by atoms with Gasteiger partial charge in [0, 0.05) is 31.9 Å². The largest absolute Gasteiger partial charge is 0.386 e. The molecule has 106 valence electrons. The van der Waals surface area contributed by atoms with Crippen molar-refractivity contribution in [3.05, 3.63) is 53.9 Å². The fourth-order valence-electron chi connectivity index (χ4n) is 3.16. The highest BCUT2D eigenvalue weighted by Crippen LogP contribution is 2.44. The Balaban J connectivity index is 2.04. The molecule has 1 unspecified atom stereocenters. The lowest BCUT2D eigenvalue weighted by molar-refractivity contribution is -0.0200. The molecule has 0 bridgehead atoms. The van der Waals surface area contributed by atoms with E-state index in [9.17, 15) is 5.11 Å². The Morgan fingerprint density at radius 3 is 2.50 bits per heavy atom. The number of ether oxygens (including phenoxy) is 1. The molecule has 0 amide bonds. The van der Waals surface area contributed by atoms with Gasteiger partial charge in [0.25, 0.3) is 0 Å². The highest BCUT2D eigenvalue weighted by Gasteiger charge is 2.42. The minimum atomic E-state index is -0.568. The summed E-state index contributed by atoms with van der Waals surface area (Å²) in [6.45, 7) is 1.37. The van der Waals surface area contributed by atoms with E-state index in [1.54, 1.807) is 10.9 Å². The van der Waals surface area contributed by atoms with Crippen LogP contribution in [-0.2, 0) is 17.2 Å². The van der Waals surface area contributed by atoms with Crippen molar-refractivity contribution in [3.63, 3.8) is 0 Å². The Kier molecular flexibility index (Phi) is 3.59. The number of hydrogen-bond acceptors (Lipinski definition) is 3. The van der Waals surface area contributed by atoms with Crippen molar-refractivity contribution in [3.8, 4) is 0 Å². The molecule has 1 aromatic carbocycles. The number of benzene rings is 1. The van der Waals surface area contributed by atoms with Gasteiger partial charge in [-0.15, -0.1) is 0 Å². The first-order valence-corrected chi connectivity index (χ1v) is 7.03. The maximum atomic E-state index is 11.0. The van der Waals surface area contributed by atoms with Gasteiger partial charge in [0.1, 0.15) is 6.10 Å². The van der Waals surface area contributed by atoms with Gasteiger partial charge in [-0.05, 0) is 24.5 Å². The van der Waals surface area contributed by atoms with Gasteiger partial charge in [0.2, 0.25) is 0 Å². The van der Waals surface area contributed by atoms with E-state index in [0.717, 1.165) is 18.5 Å². The van der Waals surface area contributed by atoms with E-state index >= 15 is 0 Å². The molecule has 1 N–H and O–H groups in total. The second-order valence-electron chi connectivity index (χ2n) is 5.42. The number of hydrogen-bond donors (Lipinski definition) is 1. The first kappa shape index (κ1) is 13.3. The van der Waals surface area contributed by atoms with Crippen molar-refractivity contribution in [1.29, 1.82) is 0 Å². The Labute approximate surface area is 119 Å². The fourth-order valence-corrected chi connectivity index (χ4v) is 3.16. The van der Waals surface area contributed by atoms with Crippen molar-refractivity contribution in [2.75, 3.05) is 13.2 Å². The maximum absolute atomic E-state index is 11.0. The molecule has 1 saturated heterocycles. The van der Waals surface area contributed by atoms with Gasteiger partial charge < -0.3 is 9.84 Å². The Morgan fingerprint density at radius 1 is 1.20 bits per heavy atom. The second-order valence-corrected chi connectivity index (χ2v) is 5.42. The predicted molar refractivity (Wildman–Crippen MR) is 76.3 cm³/mol. The average molecular weight is 272 g/mol. The van der Waals surface area contributed by atoms with Crippen molar-refractivity contribution in [2.45, 2.75) is 24.4 Å². The van der Waals surface area contributed by atoms with Crippen LogP contribution in [0.25, 0.3) is 0 Å². The molecule has 1 aliphatic heterocycles. The molecule has 0 aliphatic carbocycles. The quantitative estimate of drug-likeness (QED) is 0.932. The van der Waals surface area contributed by atoms with Crippen molar-refractivity contribution >= 4 is 0 Å². The number of aliphatic hydroxyl groups excluding tert-OH is 1. The number of aromatic nitrogens is 2. The summed E-state index contributed by atoms with van der Waals surface area (Å²) in [6.07, 6.45) is 2.81. The first-order valence-electron chi connectivity index (χ1n) is 7.03. The molecule has 0 radical (unpaired) electrons. The molecule has 1 fully saturated rings. The standard InChI is InChI=1S/C16H20N2O2/c1-18-14(7-10-17-18)15(19)16(8-11-20-12-9-16)13-5-3-2-4-6-13/h2-7,10,15,19H,8-9,11-12H2,1H3. The molecular weight excluding hydrogens is 252 g/mol. The summed E-state index contributed by atoms with van der Waals surface area (Å²) in [5.74, 6) is 0. The van der Waals surface area contributed by atoms with E-state index in [-0.39, 0.29) is 5.41 Å². The van der Waals surface area contributed by atoms with Gasteiger partial charge in [0.05, 0.1) is 5.69 Å². The molecule has 0 spiro atoms. The van der Waals surface area contributed by atoms with Crippen LogP contribution in [-0.4, -0.2) is 28.1 Å². The lowest BCUT2D eigenvalue weighted by Gasteiger charge is -2.41. The summed E-state index contributed by atoms with van der Waals surface area (Å²) in [5.41, 5.74) is 1.75. The van der Waals surface area contributed by atoms with E-state index in [4.69, 9.17) is 4.74 Å². The van der Waals surface area contributed by atoms with E-state index in [2.05, 4.69) is 17.2 Å². The normalized spacial score (nSPS) is 19.7. The number of rotatable bonds is 3. The smallest absolute Gasteiger partial charge is 0.105 e. The van der Waals surface area contributed by atoms with Crippen LogP contribution in [0.4, 0.5) is 0 Å². The van der Waals surface area contributed by atoms with Gasteiger partial charge in [-0.3, -0.25) is 4.68 Å². The van der Waals surface area contributed by atoms with E-state index in [0.29, 0.717) is 13.2 Å². The zero-order chi connectivity index (χ0) is 14.0. The molecule has 2 aromatic rings. The summed E-state index contributed by atoms with van der Waals surface area (Å²) in [6, 6.07) is 12.2. The van der Waals surface area contributed by atoms with Crippen LogP contribution in [0.3, 0.4) is 0 Å². The molecule has 3 rings (SSSR count). The summed E-state index contributed by atoms with van der Waals surface area (Å²) >= 11 is 0. The van der Waals surface area contributed by atoms with E-state index in [1.807, 2.05) is 31.3 Å². The lowest BCUT2D eigenvalue weighted by atomic mass is 9.69.